The van der Waals surface area contributed by atoms with Crippen LogP contribution < -0.4 is 0 Å². The lowest BCUT2D eigenvalue weighted by Gasteiger charge is -2.20. The number of aliphatic carboxylic acids is 1. The fraction of sp³-hybridized carbons (Fsp3) is 0.476. The molecule has 4 heteroatoms. The molecule has 2 atom stereocenters. The van der Waals surface area contributed by atoms with Crippen LogP contribution in [0.25, 0.3) is 0 Å². The molecule has 0 amide bonds. The van der Waals surface area contributed by atoms with Crippen LogP contribution in [0.3, 0.4) is 0 Å². The van der Waals surface area contributed by atoms with E-state index >= 15 is 0 Å². The van der Waals surface area contributed by atoms with Crippen LogP contribution in [0.1, 0.15) is 45.1 Å². The number of aryl methyl sites for hydroxylation is 1. The van der Waals surface area contributed by atoms with Gasteiger partial charge in [0.25, 0.3) is 0 Å². The molecule has 1 aromatic carbocycles. The number of hydrogen-bond donors (Lipinski definition) is 2. The van der Waals surface area contributed by atoms with Gasteiger partial charge in [0.05, 0.1) is 6.10 Å². The topological polar surface area (TPSA) is 62.5 Å². The van der Waals surface area contributed by atoms with Crippen LogP contribution in [0.2, 0.25) is 0 Å². The predicted octanol–water partition coefficient (Wildman–Crippen LogP) is 4.38. The molecule has 1 heterocycles. The Morgan fingerprint density at radius 2 is 1.76 bits per heavy atom. The molecule has 0 spiro atoms. The van der Waals surface area contributed by atoms with E-state index in [0.29, 0.717) is 12.3 Å². The molecule has 2 N–H and O–H groups in total. The van der Waals surface area contributed by atoms with Gasteiger partial charge in [-0.3, -0.25) is 4.79 Å². The molecule has 0 saturated heterocycles. The van der Waals surface area contributed by atoms with E-state index < -0.39 is 5.97 Å². The summed E-state index contributed by atoms with van der Waals surface area (Å²) in [5, 5.41) is 17.8. The first-order valence-corrected chi connectivity index (χ1v) is 9.07. The maximum atomic E-state index is 9.89. The first-order chi connectivity index (χ1) is 12.0. The molecular formula is C21H31NO3. The minimum Gasteiger partial charge on any atom is -0.481 e. The standard InChI is InChI=1S/C17H23NO.C4H8O2/c1-15(19)17(14-18-12-5-6-13-18)11-7-10-16-8-3-2-4-9-16;1-2-3-4(5)6/h2-6,8-9,12-13,15,17,19H,7,10-11,14H2,1H3;2-3H2,1H3,(H,5,6)/t15-,17+;/m1./s1. The Morgan fingerprint density at radius 3 is 2.24 bits per heavy atom. The summed E-state index contributed by atoms with van der Waals surface area (Å²) in [4.78, 5) is 9.60. The quantitative estimate of drug-likeness (QED) is 0.709. The summed E-state index contributed by atoms with van der Waals surface area (Å²) in [5.41, 5.74) is 1.38. The van der Waals surface area contributed by atoms with Crippen LogP contribution in [0.15, 0.2) is 54.9 Å². The summed E-state index contributed by atoms with van der Waals surface area (Å²) in [6.45, 7) is 4.64. The van der Waals surface area contributed by atoms with E-state index in [1.165, 1.54) is 5.56 Å². The van der Waals surface area contributed by atoms with E-state index in [9.17, 15) is 9.90 Å². The fourth-order valence-electron chi connectivity index (χ4n) is 2.67. The number of aliphatic hydroxyl groups excluding tert-OH is 1. The van der Waals surface area contributed by atoms with E-state index in [1.807, 2.05) is 32.0 Å². The molecule has 138 valence electrons. The second-order valence-corrected chi connectivity index (χ2v) is 6.40. The number of carboxylic acids is 1. The van der Waals surface area contributed by atoms with Gasteiger partial charge in [-0.1, -0.05) is 37.3 Å². The van der Waals surface area contributed by atoms with Gasteiger partial charge in [-0.15, -0.1) is 0 Å². The summed E-state index contributed by atoms with van der Waals surface area (Å²) in [6.07, 6.45) is 8.17. The molecule has 4 nitrogen and oxygen atoms in total. The van der Waals surface area contributed by atoms with Gasteiger partial charge in [0.1, 0.15) is 0 Å². The van der Waals surface area contributed by atoms with Gasteiger partial charge < -0.3 is 14.8 Å². The highest BCUT2D eigenvalue weighted by atomic mass is 16.4. The van der Waals surface area contributed by atoms with Crippen molar-refractivity contribution in [3.05, 3.63) is 60.4 Å². The lowest BCUT2D eigenvalue weighted by molar-refractivity contribution is -0.137. The van der Waals surface area contributed by atoms with Crippen molar-refractivity contribution in [3.63, 3.8) is 0 Å². The maximum Gasteiger partial charge on any atom is 0.303 e. The van der Waals surface area contributed by atoms with E-state index in [2.05, 4.69) is 41.2 Å². The second kappa shape index (κ2) is 12.3. The van der Waals surface area contributed by atoms with Crippen molar-refractivity contribution >= 4 is 5.97 Å². The molecule has 0 bridgehead atoms. The summed E-state index contributed by atoms with van der Waals surface area (Å²) in [6, 6.07) is 14.6. The first kappa shape index (κ1) is 21.0. The first-order valence-electron chi connectivity index (χ1n) is 9.07. The smallest absolute Gasteiger partial charge is 0.303 e. The Kier molecular flexibility index (Phi) is 10.3. The summed E-state index contributed by atoms with van der Waals surface area (Å²) in [7, 11) is 0. The van der Waals surface area contributed by atoms with Crippen LogP contribution in [0.4, 0.5) is 0 Å². The van der Waals surface area contributed by atoms with Gasteiger partial charge in [0.2, 0.25) is 0 Å². The van der Waals surface area contributed by atoms with Crippen molar-refractivity contribution < 1.29 is 15.0 Å². The van der Waals surface area contributed by atoms with Crippen molar-refractivity contribution in [1.82, 2.24) is 4.57 Å². The van der Waals surface area contributed by atoms with Crippen LogP contribution in [-0.4, -0.2) is 26.9 Å². The number of benzene rings is 1. The minimum absolute atomic E-state index is 0.252. The number of rotatable bonds is 9. The molecule has 25 heavy (non-hydrogen) atoms. The molecule has 2 rings (SSSR count). The Labute approximate surface area is 151 Å². The van der Waals surface area contributed by atoms with Crippen molar-refractivity contribution in [3.8, 4) is 0 Å². The van der Waals surface area contributed by atoms with Crippen LogP contribution in [0.5, 0.6) is 0 Å². The third-order valence-corrected chi connectivity index (χ3v) is 4.14. The van der Waals surface area contributed by atoms with Gasteiger partial charge in [-0.2, -0.15) is 0 Å². The number of aromatic nitrogens is 1. The van der Waals surface area contributed by atoms with Gasteiger partial charge in [-0.25, -0.2) is 0 Å². The van der Waals surface area contributed by atoms with Gasteiger partial charge in [0, 0.05) is 31.3 Å². The van der Waals surface area contributed by atoms with Crippen molar-refractivity contribution in [2.24, 2.45) is 5.92 Å². The molecule has 0 aliphatic carbocycles. The third kappa shape index (κ3) is 9.72. The van der Waals surface area contributed by atoms with E-state index in [4.69, 9.17) is 5.11 Å². The molecule has 0 fully saturated rings. The zero-order valence-corrected chi connectivity index (χ0v) is 15.3. The molecule has 0 aliphatic heterocycles. The largest absolute Gasteiger partial charge is 0.481 e. The number of carbonyl (C=O) groups is 1. The predicted molar refractivity (Wildman–Crippen MR) is 102 cm³/mol. The van der Waals surface area contributed by atoms with E-state index in [1.54, 1.807) is 0 Å². The average molecular weight is 345 g/mol. The average Bonchev–Trinajstić information content (AvgIpc) is 3.08. The zero-order chi connectivity index (χ0) is 18.5. The van der Waals surface area contributed by atoms with Gasteiger partial charge in [0.15, 0.2) is 0 Å². The highest BCUT2D eigenvalue weighted by Crippen LogP contribution is 2.17. The molecule has 0 unspecified atom stereocenters. The number of aliphatic hydroxyl groups is 1. The Balaban J connectivity index is 0.000000450. The Bertz CT molecular complexity index is 564. The fourth-order valence-corrected chi connectivity index (χ4v) is 2.67. The molecule has 0 radical (unpaired) electrons. The monoisotopic (exact) mass is 345 g/mol. The Hall–Kier alpha value is -2.07. The number of carboxylic acid groups (broad SMARTS) is 1. The molecule has 1 aromatic heterocycles. The molecule has 2 aromatic rings. The van der Waals surface area contributed by atoms with E-state index in [0.717, 1.165) is 32.2 Å². The summed E-state index contributed by atoms with van der Waals surface area (Å²) in [5.74, 6) is -0.381. The SMILES string of the molecule is CCCC(=O)O.C[C@@H](O)[C@@H](CCCc1ccccc1)Cn1cccc1. The summed E-state index contributed by atoms with van der Waals surface area (Å²) >= 11 is 0. The lowest BCUT2D eigenvalue weighted by atomic mass is 9.95. The second-order valence-electron chi connectivity index (χ2n) is 6.40. The minimum atomic E-state index is -0.711. The highest BCUT2D eigenvalue weighted by Gasteiger charge is 2.15. The van der Waals surface area contributed by atoms with Crippen LogP contribution in [-0.2, 0) is 17.8 Å². The van der Waals surface area contributed by atoms with Crippen LogP contribution in [0, 0.1) is 5.92 Å². The Morgan fingerprint density at radius 1 is 1.12 bits per heavy atom. The molecule has 0 saturated carbocycles. The third-order valence-electron chi connectivity index (χ3n) is 4.14. The highest BCUT2D eigenvalue weighted by molar-refractivity contribution is 5.66. The maximum absolute atomic E-state index is 9.89. The molecular weight excluding hydrogens is 314 g/mol. The molecule has 0 aliphatic rings. The van der Waals surface area contributed by atoms with Crippen molar-refractivity contribution in [2.75, 3.05) is 0 Å². The van der Waals surface area contributed by atoms with Crippen molar-refractivity contribution in [1.29, 1.82) is 0 Å². The van der Waals surface area contributed by atoms with Gasteiger partial charge >= 0.3 is 5.97 Å². The van der Waals surface area contributed by atoms with Gasteiger partial charge in [-0.05, 0) is 50.3 Å². The van der Waals surface area contributed by atoms with E-state index in [-0.39, 0.29) is 6.10 Å². The zero-order valence-electron chi connectivity index (χ0n) is 15.3. The van der Waals surface area contributed by atoms with Crippen LogP contribution >= 0.6 is 0 Å². The lowest BCUT2D eigenvalue weighted by Crippen LogP contribution is -2.22. The number of nitrogens with zero attached hydrogens (tertiary/aromatic N) is 1. The number of hydrogen-bond acceptors (Lipinski definition) is 2. The summed E-state index contributed by atoms with van der Waals surface area (Å²) < 4.78 is 2.15. The van der Waals surface area contributed by atoms with Crippen molar-refractivity contribution in [2.45, 2.75) is 58.6 Å². The normalized spacial score (nSPS) is 12.8.